The third-order valence-electron chi connectivity index (χ3n) is 6.85. The molecule has 1 aromatic carbocycles. The first-order chi connectivity index (χ1) is 17.8. The lowest BCUT2D eigenvalue weighted by Gasteiger charge is -2.31. The summed E-state index contributed by atoms with van der Waals surface area (Å²) in [5, 5.41) is 4.27. The van der Waals surface area contributed by atoms with E-state index in [0.29, 0.717) is 5.11 Å². The highest BCUT2D eigenvalue weighted by Gasteiger charge is 2.42. The molecule has 0 bridgehead atoms. The average molecular weight is 497 g/mol. The first-order valence-electron chi connectivity index (χ1n) is 12.3. The second-order valence-corrected chi connectivity index (χ2v) is 9.42. The molecule has 0 amide bonds. The summed E-state index contributed by atoms with van der Waals surface area (Å²) in [7, 11) is 0. The van der Waals surface area contributed by atoms with Gasteiger partial charge in [0.1, 0.15) is 6.04 Å². The lowest BCUT2D eigenvalue weighted by Crippen LogP contribution is -2.36. The van der Waals surface area contributed by atoms with Gasteiger partial charge in [0, 0.05) is 61.5 Å². The fourth-order valence-corrected chi connectivity index (χ4v) is 5.45. The van der Waals surface area contributed by atoms with E-state index < -0.39 is 0 Å². The summed E-state index contributed by atoms with van der Waals surface area (Å²) in [6.45, 7) is 4.09. The highest BCUT2D eigenvalue weighted by atomic mass is 32.1. The average Bonchev–Trinajstić information content (AvgIpc) is 3.53. The monoisotopic (exact) mass is 496 g/mol. The lowest BCUT2D eigenvalue weighted by atomic mass is 10.0. The van der Waals surface area contributed by atoms with Crippen molar-refractivity contribution in [2.75, 3.05) is 36.1 Å². The van der Waals surface area contributed by atoms with Crippen molar-refractivity contribution < 1.29 is 4.74 Å². The van der Waals surface area contributed by atoms with Crippen LogP contribution in [0.3, 0.4) is 0 Å². The topological polar surface area (TPSA) is 58.5 Å². The standard InChI is InChI=1S/C28H28N6OS/c36-28-31-26(24-6-1-2-13-30-24)27(25-7-4-14-33(25)20-21-5-3-12-29-19-21)34(28)23-10-8-22(9-11-23)32-15-17-35-18-16-32/h1-14,19,26-27H,15-18,20H2,(H,31,36)/t26-,27+/m0/s1. The normalized spacial score (nSPS) is 19.9. The zero-order valence-electron chi connectivity index (χ0n) is 19.9. The van der Waals surface area contributed by atoms with E-state index in [-0.39, 0.29) is 12.1 Å². The van der Waals surface area contributed by atoms with Gasteiger partial charge in [0.15, 0.2) is 5.11 Å². The number of thiocarbonyl (C=S) groups is 1. The predicted molar refractivity (Wildman–Crippen MR) is 145 cm³/mol. The predicted octanol–water partition coefficient (Wildman–Crippen LogP) is 4.34. The summed E-state index contributed by atoms with van der Waals surface area (Å²) in [6, 6.07) is 23.0. The lowest BCUT2D eigenvalue weighted by molar-refractivity contribution is 0.122. The molecule has 0 unspecified atom stereocenters. The largest absolute Gasteiger partial charge is 0.378 e. The summed E-state index contributed by atoms with van der Waals surface area (Å²) in [4.78, 5) is 13.6. The Labute approximate surface area is 216 Å². The molecular formula is C28H28N6OS. The van der Waals surface area contributed by atoms with Crippen LogP contribution in [0.5, 0.6) is 0 Å². The van der Waals surface area contributed by atoms with Crippen LogP contribution < -0.4 is 15.1 Å². The number of rotatable bonds is 6. The third kappa shape index (κ3) is 4.45. The van der Waals surface area contributed by atoms with Gasteiger partial charge < -0.3 is 24.4 Å². The van der Waals surface area contributed by atoms with Crippen LogP contribution in [-0.4, -0.2) is 46.0 Å². The molecule has 36 heavy (non-hydrogen) atoms. The van der Waals surface area contributed by atoms with Crippen LogP contribution in [0.4, 0.5) is 11.4 Å². The van der Waals surface area contributed by atoms with E-state index in [1.165, 1.54) is 11.4 Å². The first-order valence-corrected chi connectivity index (χ1v) is 12.7. The molecule has 0 spiro atoms. The molecule has 0 saturated carbocycles. The molecule has 0 aliphatic carbocycles. The molecule has 0 radical (unpaired) electrons. The van der Waals surface area contributed by atoms with Crippen LogP contribution in [0.15, 0.2) is 91.5 Å². The highest BCUT2D eigenvalue weighted by molar-refractivity contribution is 7.80. The van der Waals surface area contributed by atoms with Gasteiger partial charge in [-0.3, -0.25) is 9.97 Å². The maximum absolute atomic E-state index is 5.92. The first kappa shape index (κ1) is 22.7. The molecule has 2 atom stereocenters. The fourth-order valence-electron chi connectivity index (χ4n) is 5.11. The minimum atomic E-state index is -0.0832. The zero-order valence-corrected chi connectivity index (χ0v) is 20.7. The molecule has 2 fully saturated rings. The van der Waals surface area contributed by atoms with E-state index in [4.69, 9.17) is 17.0 Å². The number of hydrogen-bond acceptors (Lipinski definition) is 5. The smallest absolute Gasteiger partial charge is 0.174 e. The van der Waals surface area contributed by atoms with Crippen molar-refractivity contribution >= 4 is 28.7 Å². The molecule has 3 aromatic heterocycles. The Morgan fingerprint density at radius 3 is 2.50 bits per heavy atom. The molecule has 8 heteroatoms. The quantitative estimate of drug-likeness (QED) is 0.399. The van der Waals surface area contributed by atoms with E-state index >= 15 is 0 Å². The second kappa shape index (κ2) is 10.1. The van der Waals surface area contributed by atoms with Crippen molar-refractivity contribution in [3.8, 4) is 0 Å². The van der Waals surface area contributed by atoms with Crippen LogP contribution in [0.1, 0.15) is 29.0 Å². The van der Waals surface area contributed by atoms with Gasteiger partial charge in [-0.1, -0.05) is 12.1 Å². The molecule has 2 aliphatic heterocycles. The van der Waals surface area contributed by atoms with E-state index in [1.54, 1.807) is 6.20 Å². The van der Waals surface area contributed by atoms with Crippen molar-refractivity contribution in [2.45, 2.75) is 18.6 Å². The van der Waals surface area contributed by atoms with Gasteiger partial charge >= 0.3 is 0 Å². The molecule has 2 aliphatic rings. The van der Waals surface area contributed by atoms with Crippen LogP contribution in [-0.2, 0) is 11.3 Å². The number of nitrogens with one attached hydrogen (secondary N) is 1. The number of benzene rings is 1. The number of morpholine rings is 1. The molecule has 5 heterocycles. The van der Waals surface area contributed by atoms with E-state index in [2.05, 4.69) is 84.4 Å². The minimum absolute atomic E-state index is 0.0618. The molecule has 6 rings (SSSR count). The van der Waals surface area contributed by atoms with Gasteiger partial charge in [-0.15, -0.1) is 0 Å². The summed E-state index contributed by atoms with van der Waals surface area (Å²) < 4.78 is 7.80. The second-order valence-electron chi connectivity index (χ2n) is 9.03. The Morgan fingerprint density at radius 1 is 0.917 bits per heavy atom. The number of aromatic nitrogens is 3. The molecular weight excluding hydrogens is 468 g/mol. The fraction of sp³-hybridized carbons (Fsp3) is 0.250. The Hall–Kier alpha value is -3.75. The number of pyridine rings is 2. The van der Waals surface area contributed by atoms with Crippen molar-refractivity contribution in [1.82, 2.24) is 19.9 Å². The number of anilines is 2. The zero-order chi connectivity index (χ0) is 24.3. The Kier molecular flexibility index (Phi) is 6.36. The summed E-state index contributed by atoms with van der Waals surface area (Å²) in [5.74, 6) is 0. The van der Waals surface area contributed by atoms with E-state index in [9.17, 15) is 0 Å². The molecule has 7 nitrogen and oxygen atoms in total. The van der Waals surface area contributed by atoms with Crippen molar-refractivity contribution in [3.05, 3.63) is 108 Å². The van der Waals surface area contributed by atoms with Gasteiger partial charge in [0.2, 0.25) is 0 Å². The molecule has 4 aromatic rings. The van der Waals surface area contributed by atoms with Gasteiger partial charge in [-0.05, 0) is 72.4 Å². The maximum atomic E-state index is 5.92. The third-order valence-corrected chi connectivity index (χ3v) is 7.16. The number of ether oxygens (including phenoxy) is 1. The van der Waals surface area contributed by atoms with E-state index in [0.717, 1.165) is 49.8 Å². The minimum Gasteiger partial charge on any atom is -0.378 e. The van der Waals surface area contributed by atoms with Crippen LogP contribution in [0.2, 0.25) is 0 Å². The van der Waals surface area contributed by atoms with Crippen LogP contribution in [0.25, 0.3) is 0 Å². The van der Waals surface area contributed by atoms with Gasteiger partial charge in [0.05, 0.1) is 24.9 Å². The number of hydrogen-bond donors (Lipinski definition) is 1. The maximum Gasteiger partial charge on any atom is 0.174 e. The summed E-state index contributed by atoms with van der Waals surface area (Å²) in [6.07, 6.45) is 7.68. The van der Waals surface area contributed by atoms with Crippen LogP contribution >= 0.6 is 12.2 Å². The van der Waals surface area contributed by atoms with Gasteiger partial charge in [0.25, 0.3) is 0 Å². The molecule has 1 N–H and O–H groups in total. The van der Waals surface area contributed by atoms with E-state index in [1.807, 2.05) is 30.6 Å². The Bertz CT molecular complexity index is 1300. The van der Waals surface area contributed by atoms with Crippen molar-refractivity contribution in [3.63, 3.8) is 0 Å². The highest BCUT2D eigenvalue weighted by Crippen LogP contribution is 2.42. The summed E-state index contributed by atoms with van der Waals surface area (Å²) in [5.41, 5.74) is 5.55. The van der Waals surface area contributed by atoms with Crippen molar-refractivity contribution in [2.24, 2.45) is 0 Å². The van der Waals surface area contributed by atoms with Crippen molar-refractivity contribution in [1.29, 1.82) is 0 Å². The molecule has 2 saturated heterocycles. The van der Waals surface area contributed by atoms with Crippen LogP contribution in [0, 0.1) is 0 Å². The Balaban J connectivity index is 1.37. The SMILES string of the molecule is S=C1N[C@@H](c2ccccn2)[C@@H](c2cccn2Cc2cccnc2)N1c1ccc(N2CCOCC2)cc1. The molecule has 182 valence electrons. The van der Waals surface area contributed by atoms with Gasteiger partial charge in [-0.25, -0.2) is 0 Å². The number of nitrogens with zero attached hydrogens (tertiary/aromatic N) is 5. The van der Waals surface area contributed by atoms with Gasteiger partial charge in [-0.2, -0.15) is 0 Å². The Morgan fingerprint density at radius 2 is 1.75 bits per heavy atom. The summed E-state index contributed by atoms with van der Waals surface area (Å²) >= 11 is 5.92.